The molecule has 0 fully saturated rings. The van der Waals surface area contributed by atoms with E-state index in [1.165, 1.54) is 18.1 Å². The summed E-state index contributed by atoms with van der Waals surface area (Å²) in [5.74, 6) is -1.14. The first-order valence-electron chi connectivity index (χ1n) is 11.2. The molecule has 0 N–H and O–H groups in total. The maximum atomic E-state index is 14.7. The fraction of sp³-hybridized carbons (Fsp3) is 0.222. The monoisotopic (exact) mass is 491 g/mol. The average Bonchev–Trinajstić information content (AvgIpc) is 3.27. The van der Waals surface area contributed by atoms with Crippen LogP contribution in [0.15, 0.2) is 66.7 Å². The number of esters is 1. The van der Waals surface area contributed by atoms with E-state index < -0.39 is 11.8 Å². The van der Waals surface area contributed by atoms with Gasteiger partial charge in [-0.25, -0.2) is 13.9 Å². The van der Waals surface area contributed by atoms with Gasteiger partial charge in [0, 0.05) is 36.4 Å². The first-order valence-corrected chi connectivity index (χ1v) is 11.2. The van der Waals surface area contributed by atoms with E-state index in [2.05, 4.69) is 5.10 Å². The summed E-state index contributed by atoms with van der Waals surface area (Å²) in [5, 5.41) is 5.29. The SMILES string of the molecule is COCCOCn1nc(-c2ccccc2F)c2cc(N(C)C(=O)c3ccc(C(=O)OC)cc3)ccc21. The van der Waals surface area contributed by atoms with Crippen LogP contribution in [0, 0.1) is 5.82 Å². The summed E-state index contributed by atoms with van der Waals surface area (Å²) < 4.78 is 31.7. The normalized spacial score (nSPS) is 11.0. The van der Waals surface area contributed by atoms with E-state index in [0.29, 0.717) is 46.7 Å². The summed E-state index contributed by atoms with van der Waals surface area (Å²) in [5.41, 5.74) is 2.89. The van der Waals surface area contributed by atoms with Crippen LogP contribution >= 0.6 is 0 Å². The molecule has 0 saturated carbocycles. The number of rotatable bonds is 9. The molecule has 4 rings (SSSR count). The lowest BCUT2D eigenvalue weighted by Gasteiger charge is -2.18. The first-order chi connectivity index (χ1) is 17.4. The van der Waals surface area contributed by atoms with Crippen LogP contribution in [-0.4, -0.2) is 56.1 Å². The Morgan fingerprint density at radius 3 is 2.39 bits per heavy atom. The predicted octanol–water partition coefficient (Wildman–Crippen LogP) is 4.53. The van der Waals surface area contributed by atoms with E-state index in [1.54, 1.807) is 73.4 Å². The maximum Gasteiger partial charge on any atom is 0.337 e. The lowest BCUT2D eigenvalue weighted by molar-refractivity contribution is 0.0309. The van der Waals surface area contributed by atoms with Gasteiger partial charge in [0.05, 0.1) is 31.4 Å². The second-order valence-corrected chi connectivity index (χ2v) is 7.99. The number of hydrogen-bond donors (Lipinski definition) is 0. The number of carbonyl (C=O) groups is 2. The van der Waals surface area contributed by atoms with E-state index in [1.807, 2.05) is 6.07 Å². The van der Waals surface area contributed by atoms with Crippen molar-refractivity contribution in [2.45, 2.75) is 6.73 Å². The number of carbonyl (C=O) groups excluding carboxylic acids is 2. The summed E-state index contributed by atoms with van der Waals surface area (Å²) in [4.78, 5) is 26.3. The number of ether oxygens (including phenoxy) is 3. The van der Waals surface area contributed by atoms with Gasteiger partial charge in [-0.1, -0.05) is 12.1 Å². The Morgan fingerprint density at radius 2 is 1.69 bits per heavy atom. The molecule has 3 aromatic carbocycles. The van der Waals surface area contributed by atoms with Crippen LogP contribution in [-0.2, 0) is 20.9 Å². The Hall–Kier alpha value is -4.08. The Kier molecular flexibility index (Phi) is 7.72. The third-order valence-corrected chi connectivity index (χ3v) is 5.75. The van der Waals surface area contributed by atoms with E-state index in [4.69, 9.17) is 14.2 Å². The van der Waals surface area contributed by atoms with Crippen LogP contribution in [0.3, 0.4) is 0 Å². The summed E-state index contributed by atoms with van der Waals surface area (Å²) in [6, 6.07) is 18.1. The van der Waals surface area contributed by atoms with Crippen molar-refractivity contribution in [2.24, 2.45) is 0 Å². The van der Waals surface area contributed by atoms with Crippen molar-refractivity contribution >= 4 is 28.5 Å². The molecule has 0 atom stereocenters. The van der Waals surface area contributed by atoms with Crippen LogP contribution in [0.2, 0.25) is 0 Å². The fourth-order valence-corrected chi connectivity index (χ4v) is 3.80. The van der Waals surface area contributed by atoms with Crippen molar-refractivity contribution in [2.75, 3.05) is 39.4 Å². The van der Waals surface area contributed by atoms with Gasteiger partial charge in [-0.2, -0.15) is 5.10 Å². The van der Waals surface area contributed by atoms with Gasteiger partial charge in [-0.3, -0.25) is 4.79 Å². The number of hydrogen-bond acceptors (Lipinski definition) is 6. The topological polar surface area (TPSA) is 82.9 Å². The standard InChI is InChI=1S/C27H26FN3O5/c1-30(26(32)18-8-10-19(11-9-18)27(33)35-3)20-12-13-24-22(16-20)25(21-6-4-5-7-23(21)28)29-31(24)17-36-15-14-34-2/h4-13,16H,14-15,17H2,1-3H3. The molecule has 0 aliphatic rings. The van der Waals surface area contributed by atoms with Gasteiger partial charge in [0.2, 0.25) is 0 Å². The molecule has 186 valence electrons. The van der Waals surface area contributed by atoms with Gasteiger partial charge >= 0.3 is 5.97 Å². The van der Waals surface area contributed by atoms with Crippen LogP contribution in [0.1, 0.15) is 20.7 Å². The quantitative estimate of drug-likeness (QED) is 0.253. The molecule has 1 aromatic heterocycles. The van der Waals surface area contributed by atoms with Crippen LogP contribution in [0.5, 0.6) is 0 Å². The Labute approximate surface area is 207 Å². The maximum absolute atomic E-state index is 14.7. The average molecular weight is 492 g/mol. The minimum Gasteiger partial charge on any atom is -0.465 e. The number of nitrogens with zero attached hydrogens (tertiary/aromatic N) is 3. The van der Waals surface area contributed by atoms with Crippen LogP contribution in [0.25, 0.3) is 22.2 Å². The van der Waals surface area contributed by atoms with Gasteiger partial charge in [-0.15, -0.1) is 0 Å². The number of amides is 1. The molecule has 4 aromatic rings. The zero-order valence-electron chi connectivity index (χ0n) is 20.2. The minimum atomic E-state index is -0.475. The summed E-state index contributed by atoms with van der Waals surface area (Å²) in [6.07, 6.45) is 0. The molecule has 0 radical (unpaired) electrons. The lowest BCUT2D eigenvalue weighted by Crippen LogP contribution is -2.26. The van der Waals surface area contributed by atoms with Crippen molar-refractivity contribution in [3.05, 3.63) is 83.7 Å². The number of methoxy groups -OCH3 is 2. The number of aromatic nitrogens is 2. The minimum absolute atomic E-state index is 0.162. The number of benzene rings is 3. The fourth-order valence-electron chi connectivity index (χ4n) is 3.80. The van der Waals surface area contributed by atoms with Crippen LogP contribution in [0.4, 0.5) is 10.1 Å². The molecular formula is C27H26FN3O5. The van der Waals surface area contributed by atoms with E-state index >= 15 is 0 Å². The Balaban J connectivity index is 1.69. The summed E-state index contributed by atoms with van der Waals surface area (Å²) in [6.45, 7) is 0.989. The molecule has 0 aliphatic carbocycles. The lowest BCUT2D eigenvalue weighted by atomic mass is 10.1. The zero-order valence-corrected chi connectivity index (χ0v) is 20.2. The molecule has 0 unspecified atom stereocenters. The highest BCUT2D eigenvalue weighted by atomic mass is 19.1. The molecule has 0 aliphatic heterocycles. The highest BCUT2D eigenvalue weighted by molar-refractivity contribution is 6.07. The molecule has 1 amide bonds. The third kappa shape index (κ3) is 5.12. The van der Waals surface area contributed by atoms with Gasteiger partial charge < -0.3 is 19.1 Å². The number of halogens is 1. The van der Waals surface area contributed by atoms with Gasteiger partial charge in [0.25, 0.3) is 5.91 Å². The van der Waals surface area contributed by atoms with Gasteiger partial charge in [0.15, 0.2) is 0 Å². The summed E-state index contributed by atoms with van der Waals surface area (Å²) >= 11 is 0. The van der Waals surface area contributed by atoms with E-state index in [9.17, 15) is 14.0 Å². The molecule has 36 heavy (non-hydrogen) atoms. The van der Waals surface area contributed by atoms with E-state index in [-0.39, 0.29) is 12.6 Å². The largest absolute Gasteiger partial charge is 0.465 e. The molecular weight excluding hydrogens is 465 g/mol. The van der Waals surface area contributed by atoms with Gasteiger partial charge in [-0.05, 0) is 54.6 Å². The zero-order chi connectivity index (χ0) is 25.7. The predicted molar refractivity (Wildman–Crippen MR) is 133 cm³/mol. The van der Waals surface area contributed by atoms with Crippen molar-refractivity contribution in [3.8, 4) is 11.3 Å². The van der Waals surface area contributed by atoms with E-state index in [0.717, 1.165) is 5.52 Å². The summed E-state index contributed by atoms with van der Waals surface area (Å²) in [7, 11) is 4.54. The van der Waals surface area contributed by atoms with Crippen molar-refractivity contribution < 1.29 is 28.2 Å². The van der Waals surface area contributed by atoms with Crippen molar-refractivity contribution in [1.29, 1.82) is 0 Å². The number of anilines is 1. The van der Waals surface area contributed by atoms with Gasteiger partial charge in [0.1, 0.15) is 18.2 Å². The third-order valence-electron chi connectivity index (χ3n) is 5.75. The molecule has 0 bridgehead atoms. The van der Waals surface area contributed by atoms with Crippen LogP contribution < -0.4 is 4.90 Å². The number of fused-ring (bicyclic) bond motifs is 1. The molecule has 1 heterocycles. The smallest absolute Gasteiger partial charge is 0.337 e. The van der Waals surface area contributed by atoms with Crippen molar-refractivity contribution in [1.82, 2.24) is 9.78 Å². The highest BCUT2D eigenvalue weighted by Crippen LogP contribution is 2.33. The molecule has 9 heteroatoms. The molecule has 0 spiro atoms. The van der Waals surface area contributed by atoms with Crippen molar-refractivity contribution in [3.63, 3.8) is 0 Å². The highest BCUT2D eigenvalue weighted by Gasteiger charge is 2.19. The first kappa shape index (κ1) is 25.0. The Bertz CT molecular complexity index is 1380. The molecule has 0 saturated heterocycles. The Morgan fingerprint density at radius 1 is 0.972 bits per heavy atom. The second kappa shape index (κ2) is 11.1. The second-order valence-electron chi connectivity index (χ2n) is 7.99. The molecule has 8 nitrogen and oxygen atoms in total.